The third-order valence-electron chi connectivity index (χ3n) is 1.87. The van der Waals surface area contributed by atoms with Crippen LogP contribution in [0.4, 0.5) is 10.1 Å². The molecule has 0 saturated carbocycles. The average Bonchev–Trinajstić information content (AvgIpc) is 2.70. The van der Waals surface area contributed by atoms with E-state index >= 15 is 0 Å². The molecule has 0 aliphatic rings. The van der Waals surface area contributed by atoms with Crippen molar-refractivity contribution < 1.29 is 9.18 Å². The molecule has 0 saturated heterocycles. The largest absolute Gasteiger partial charge is 0.322 e. The van der Waals surface area contributed by atoms with Crippen LogP contribution in [0.3, 0.4) is 0 Å². The molecular weight excluding hydrogens is 213 g/mol. The molecule has 2 rings (SSSR count). The number of rotatable bonds is 2. The first-order valence-electron chi connectivity index (χ1n) is 4.35. The van der Waals surface area contributed by atoms with Crippen LogP contribution in [0.25, 0.3) is 0 Å². The summed E-state index contributed by atoms with van der Waals surface area (Å²) in [5.74, 6) is -0.583. The summed E-state index contributed by atoms with van der Waals surface area (Å²) in [5, 5.41) is 6.18. The third-order valence-corrected chi connectivity index (χ3v) is 2.55. The maximum absolute atomic E-state index is 12.8. The summed E-state index contributed by atoms with van der Waals surface area (Å²) in [4.78, 5) is 11.6. The van der Waals surface area contributed by atoms with Gasteiger partial charge < -0.3 is 5.32 Å². The van der Waals surface area contributed by atoms with E-state index in [0.717, 1.165) is 0 Å². The lowest BCUT2D eigenvalue weighted by Crippen LogP contribution is -2.10. The fourth-order valence-corrected chi connectivity index (χ4v) is 1.80. The van der Waals surface area contributed by atoms with Gasteiger partial charge in [-0.25, -0.2) is 4.39 Å². The topological polar surface area (TPSA) is 29.1 Å². The van der Waals surface area contributed by atoms with E-state index in [4.69, 9.17) is 0 Å². The van der Waals surface area contributed by atoms with Crippen molar-refractivity contribution in [1.82, 2.24) is 0 Å². The van der Waals surface area contributed by atoms with Crippen LogP contribution in [-0.4, -0.2) is 5.91 Å². The number of halogens is 1. The van der Waals surface area contributed by atoms with E-state index in [-0.39, 0.29) is 11.7 Å². The lowest BCUT2D eigenvalue weighted by molar-refractivity contribution is 0.102. The van der Waals surface area contributed by atoms with E-state index < -0.39 is 0 Å². The predicted molar refractivity (Wildman–Crippen MR) is 58.7 cm³/mol. The highest BCUT2D eigenvalue weighted by atomic mass is 32.1. The molecule has 4 heteroatoms. The highest BCUT2D eigenvalue weighted by molar-refractivity contribution is 7.08. The first-order valence-corrected chi connectivity index (χ1v) is 5.29. The average molecular weight is 221 g/mol. The van der Waals surface area contributed by atoms with Crippen molar-refractivity contribution in [2.75, 3.05) is 5.32 Å². The molecule has 15 heavy (non-hydrogen) atoms. The number of amides is 1. The first kappa shape index (κ1) is 9.86. The molecule has 1 heterocycles. The molecule has 1 aromatic carbocycles. The number of nitrogens with one attached hydrogen (secondary N) is 1. The molecule has 1 amide bonds. The zero-order valence-electron chi connectivity index (χ0n) is 7.74. The van der Waals surface area contributed by atoms with E-state index in [1.54, 1.807) is 23.6 Å². The van der Waals surface area contributed by atoms with Gasteiger partial charge in [-0.15, -0.1) is 0 Å². The molecule has 2 nitrogen and oxygen atoms in total. The van der Waals surface area contributed by atoms with Crippen LogP contribution in [0.2, 0.25) is 0 Å². The standard InChI is InChI=1S/C11H8FNOS/c12-9-2-1-3-10(6-9)13-11(14)8-4-5-15-7-8/h1-7H,(H,13,14). The molecule has 0 spiro atoms. The van der Waals surface area contributed by atoms with Crippen LogP contribution in [0.1, 0.15) is 10.4 Å². The first-order chi connectivity index (χ1) is 7.25. The van der Waals surface area contributed by atoms with Gasteiger partial charge in [0, 0.05) is 11.1 Å². The molecule has 0 atom stereocenters. The van der Waals surface area contributed by atoms with Gasteiger partial charge in [-0.2, -0.15) is 11.3 Å². The Kier molecular flexibility index (Phi) is 2.78. The summed E-state index contributed by atoms with van der Waals surface area (Å²) in [6.45, 7) is 0. The highest BCUT2D eigenvalue weighted by Crippen LogP contribution is 2.12. The van der Waals surface area contributed by atoms with Gasteiger partial charge in [0.05, 0.1) is 5.56 Å². The Bertz CT molecular complexity index is 467. The van der Waals surface area contributed by atoms with Gasteiger partial charge >= 0.3 is 0 Å². The van der Waals surface area contributed by atoms with Gasteiger partial charge in [0.2, 0.25) is 0 Å². The van der Waals surface area contributed by atoms with E-state index in [1.165, 1.54) is 23.5 Å². The monoisotopic (exact) mass is 221 g/mol. The predicted octanol–water partition coefficient (Wildman–Crippen LogP) is 3.14. The number of thiophene rings is 1. The van der Waals surface area contributed by atoms with Crippen LogP contribution in [-0.2, 0) is 0 Å². The van der Waals surface area contributed by atoms with Crippen LogP contribution in [0.15, 0.2) is 41.1 Å². The maximum Gasteiger partial charge on any atom is 0.256 e. The smallest absolute Gasteiger partial charge is 0.256 e. The number of benzene rings is 1. The summed E-state index contributed by atoms with van der Waals surface area (Å²) in [7, 11) is 0. The number of anilines is 1. The fourth-order valence-electron chi connectivity index (χ4n) is 1.16. The van der Waals surface area contributed by atoms with E-state index in [0.29, 0.717) is 11.3 Å². The molecule has 1 N–H and O–H groups in total. The van der Waals surface area contributed by atoms with Crippen molar-refractivity contribution in [2.24, 2.45) is 0 Å². The van der Waals surface area contributed by atoms with Gasteiger partial charge in [-0.05, 0) is 29.6 Å². The second kappa shape index (κ2) is 4.23. The van der Waals surface area contributed by atoms with Gasteiger partial charge in [0.25, 0.3) is 5.91 Å². The summed E-state index contributed by atoms with van der Waals surface area (Å²) in [6.07, 6.45) is 0. The van der Waals surface area contributed by atoms with Gasteiger partial charge in [0.1, 0.15) is 5.82 Å². The number of carbonyl (C=O) groups is 1. The molecule has 0 aliphatic heterocycles. The second-order valence-electron chi connectivity index (χ2n) is 2.98. The molecule has 2 aromatic rings. The summed E-state index contributed by atoms with van der Waals surface area (Å²) < 4.78 is 12.8. The Morgan fingerprint density at radius 2 is 2.20 bits per heavy atom. The molecular formula is C11H8FNOS. The van der Waals surface area contributed by atoms with Crippen molar-refractivity contribution in [1.29, 1.82) is 0 Å². The summed E-state index contributed by atoms with van der Waals surface area (Å²) in [5.41, 5.74) is 1.05. The number of hydrogen-bond donors (Lipinski definition) is 1. The SMILES string of the molecule is O=C(Nc1cccc(F)c1)c1ccsc1. The second-order valence-corrected chi connectivity index (χ2v) is 3.76. The van der Waals surface area contributed by atoms with Gasteiger partial charge in [0.15, 0.2) is 0 Å². The Hall–Kier alpha value is -1.68. The minimum Gasteiger partial charge on any atom is -0.322 e. The zero-order chi connectivity index (χ0) is 10.7. The number of hydrogen-bond acceptors (Lipinski definition) is 2. The Balaban J connectivity index is 2.13. The fraction of sp³-hybridized carbons (Fsp3) is 0. The Labute approximate surface area is 90.4 Å². The van der Waals surface area contributed by atoms with Crippen molar-refractivity contribution in [2.45, 2.75) is 0 Å². The normalized spacial score (nSPS) is 9.93. The molecule has 0 fully saturated rings. The minimum atomic E-state index is -0.363. The molecule has 76 valence electrons. The van der Waals surface area contributed by atoms with Gasteiger partial charge in [-0.1, -0.05) is 6.07 Å². The summed E-state index contributed by atoms with van der Waals surface area (Å²) in [6, 6.07) is 7.54. The van der Waals surface area contributed by atoms with Crippen LogP contribution in [0.5, 0.6) is 0 Å². The van der Waals surface area contributed by atoms with Crippen LogP contribution < -0.4 is 5.32 Å². The quantitative estimate of drug-likeness (QED) is 0.829. The minimum absolute atomic E-state index is 0.221. The lowest BCUT2D eigenvalue weighted by Gasteiger charge is -2.02. The van der Waals surface area contributed by atoms with Gasteiger partial charge in [-0.3, -0.25) is 4.79 Å². The van der Waals surface area contributed by atoms with E-state index in [2.05, 4.69) is 5.32 Å². The molecule has 0 radical (unpaired) electrons. The van der Waals surface area contributed by atoms with Crippen molar-refractivity contribution in [3.63, 3.8) is 0 Å². The van der Waals surface area contributed by atoms with Crippen LogP contribution >= 0.6 is 11.3 Å². The van der Waals surface area contributed by atoms with Crippen LogP contribution in [0, 0.1) is 5.82 Å². The Morgan fingerprint density at radius 3 is 2.87 bits per heavy atom. The Morgan fingerprint density at radius 1 is 1.33 bits per heavy atom. The molecule has 0 aliphatic carbocycles. The zero-order valence-corrected chi connectivity index (χ0v) is 8.55. The lowest BCUT2D eigenvalue weighted by atomic mass is 10.2. The van der Waals surface area contributed by atoms with Crippen molar-refractivity contribution >= 4 is 22.9 Å². The molecule has 0 unspecified atom stereocenters. The third kappa shape index (κ3) is 2.41. The van der Waals surface area contributed by atoms with Crippen molar-refractivity contribution in [3.8, 4) is 0 Å². The molecule has 1 aromatic heterocycles. The van der Waals surface area contributed by atoms with E-state index in [1.807, 2.05) is 5.38 Å². The maximum atomic E-state index is 12.8. The van der Waals surface area contributed by atoms with Crippen molar-refractivity contribution in [3.05, 3.63) is 52.5 Å². The summed E-state index contributed by atoms with van der Waals surface area (Å²) >= 11 is 1.45. The van der Waals surface area contributed by atoms with E-state index in [9.17, 15) is 9.18 Å². The molecule has 0 bridgehead atoms. The highest BCUT2D eigenvalue weighted by Gasteiger charge is 2.05. The number of carbonyl (C=O) groups excluding carboxylic acids is 1.